The monoisotopic (exact) mass is 465 g/mol. The van der Waals surface area contributed by atoms with Crippen molar-refractivity contribution in [2.24, 2.45) is 0 Å². The fraction of sp³-hybridized carbons (Fsp3) is 0.273. The number of halogens is 3. The Hall–Kier alpha value is -3.89. The van der Waals surface area contributed by atoms with Crippen LogP contribution in [0.1, 0.15) is 21.6 Å². The molecule has 0 aliphatic heterocycles. The predicted molar refractivity (Wildman–Crippen MR) is 112 cm³/mol. The van der Waals surface area contributed by atoms with E-state index in [1.165, 1.54) is 46.8 Å². The third-order valence-electron chi connectivity index (χ3n) is 4.80. The van der Waals surface area contributed by atoms with Crippen LogP contribution in [0.5, 0.6) is 23.0 Å². The summed E-state index contributed by atoms with van der Waals surface area (Å²) in [5.41, 5.74) is -0.244. The molecule has 11 heteroatoms. The van der Waals surface area contributed by atoms with Crippen LogP contribution in [0.15, 0.2) is 42.6 Å². The smallest absolute Gasteiger partial charge is 0.416 e. The third kappa shape index (κ3) is 5.13. The second-order valence-electron chi connectivity index (χ2n) is 6.73. The Balaban J connectivity index is 1.87. The second-order valence-corrected chi connectivity index (χ2v) is 6.73. The molecule has 33 heavy (non-hydrogen) atoms. The first-order valence-corrected chi connectivity index (χ1v) is 9.60. The first kappa shape index (κ1) is 23.8. The van der Waals surface area contributed by atoms with Gasteiger partial charge in [-0.2, -0.15) is 18.3 Å². The van der Waals surface area contributed by atoms with Crippen molar-refractivity contribution in [3.8, 4) is 28.7 Å². The zero-order chi connectivity index (χ0) is 24.2. The molecule has 1 amide bonds. The van der Waals surface area contributed by atoms with E-state index < -0.39 is 17.6 Å². The lowest BCUT2D eigenvalue weighted by Gasteiger charge is -2.15. The van der Waals surface area contributed by atoms with Gasteiger partial charge in [-0.15, -0.1) is 0 Å². The van der Waals surface area contributed by atoms with Gasteiger partial charge in [0.1, 0.15) is 17.2 Å². The van der Waals surface area contributed by atoms with E-state index in [1.54, 1.807) is 12.1 Å². The summed E-state index contributed by atoms with van der Waals surface area (Å²) >= 11 is 0. The zero-order valence-corrected chi connectivity index (χ0v) is 18.3. The van der Waals surface area contributed by atoms with Crippen molar-refractivity contribution >= 4 is 5.91 Å². The number of ether oxygens (including phenoxy) is 4. The second kappa shape index (κ2) is 9.72. The van der Waals surface area contributed by atoms with Crippen molar-refractivity contribution < 1.29 is 36.9 Å². The fourth-order valence-electron chi connectivity index (χ4n) is 3.13. The summed E-state index contributed by atoms with van der Waals surface area (Å²) in [7, 11) is 5.78. The molecule has 0 saturated carbocycles. The van der Waals surface area contributed by atoms with Gasteiger partial charge in [-0.3, -0.25) is 4.79 Å². The van der Waals surface area contributed by atoms with Crippen LogP contribution in [0.3, 0.4) is 0 Å². The summed E-state index contributed by atoms with van der Waals surface area (Å²) < 4.78 is 61.4. The van der Waals surface area contributed by atoms with Gasteiger partial charge in [0.2, 0.25) is 0 Å². The van der Waals surface area contributed by atoms with Gasteiger partial charge in [-0.1, -0.05) is 6.07 Å². The number of hydrogen-bond acceptors (Lipinski definition) is 6. The summed E-state index contributed by atoms with van der Waals surface area (Å²) in [6, 6.07) is 7.87. The summed E-state index contributed by atoms with van der Waals surface area (Å²) in [4.78, 5) is 12.8. The average Bonchev–Trinajstić information content (AvgIpc) is 3.26. The first-order valence-electron chi connectivity index (χ1n) is 9.60. The van der Waals surface area contributed by atoms with E-state index >= 15 is 0 Å². The van der Waals surface area contributed by atoms with Crippen molar-refractivity contribution in [3.63, 3.8) is 0 Å². The van der Waals surface area contributed by atoms with Crippen LogP contribution in [0.25, 0.3) is 5.69 Å². The molecule has 0 bridgehead atoms. The molecule has 1 N–H and O–H groups in total. The van der Waals surface area contributed by atoms with Gasteiger partial charge in [0.05, 0.1) is 58.0 Å². The maximum atomic E-state index is 13.0. The van der Waals surface area contributed by atoms with E-state index in [0.29, 0.717) is 22.8 Å². The lowest BCUT2D eigenvalue weighted by atomic mass is 10.1. The van der Waals surface area contributed by atoms with E-state index in [-0.39, 0.29) is 23.7 Å². The van der Waals surface area contributed by atoms with Crippen molar-refractivity contribution in [1.29, 1.82) is 0 Å². The number of aromatic nitrogens is 2. The molecule has 3 aromatic rings. The molecule has 0 spiro atoms. The van der Waals surface area contributed by atoms with E-state index in [1.807, 2.05) is 0 Å². The number of carbonyl (C=O) groups excluding carboxylic acids is 1. The molecule has 1 aromatic heterocycles. The standard InChI is InChI=1S/C22H22F3N3O5/c1-30-15-9-17(31-2)16(18(10-15)32-3)11-26-21(29)20-19(33-4)12-28(27-20)14-7-5-6-13(8-14)22(23,24)25/h5-10,12H,11H2,1-4H3,(H,26,29). The topological polar surface area (TPSA) is 83.8 Å². The number of alkyl halides is 3. The Kier molecular flexibility index (Phi) is 7.00. The summed E-state index contributed by atoms with van der Waals surface area (Å²) in [6.45, 7) is 0.0226. The molecule has 0 aliphatic rings. The number of nitrogens with one attached hydrogen (secondary N) is 1. The lowest BCUT2D eigenvalue weighted by Crippen LogP contribution is -2.24. The quantitative estimate of drug-likeness (QED) is 0.544. The highest BCUT2D eigenvalue weighted by molar-refractivity contribution is 5.95. The van der Waals surface area contributed by atoms with Gasteiger partial charge in [-0.05, 0) is 18.2 Å². The van der Waals surface area contributed by atoms with Crippen molar-refractivity contribution in [2.75, 3.05) is 28.4 Å². The number of amides is 1. The first-order chi connectivity index (χ1) is 15.7. The molecule has 0 unspecified atom stereocenters. The van der Waals surface area contributed by atoms with Gasteiger partial charge in [0.25, 0.3) is 5.91 Å². The molecule has 0 atom stereocenters. The highest BCUT2D eigenvalue weighted by Crippen LogP contribution is 2.34. The van der Waals surface area contributed by atoms with Crippen molar-refractivity contribution in [3.05, 3.63) is 59.4 Å². The molecule has 1 heterocycles. The number of carbonyl (C=O) groups is 1. The van der Waals surface area contributed by atoms with Crippen LogP contribution >= 0.6 is 0 Å². The highest BCUT2D eigenvalue weighted by Gasteiger charge is 2.31. The lowest BCUT2D eigenvalue weighted by molar-refractivity contribution is -0.137. The summed E-state index contributed by atoms with van der Waals surface area (Å²) in [5.74, 6) is 0.886. The van der Waals surface area contributed by atoms with Gasteiger partial charge in [0, 0.05) is 12.1 Å². The molecular formula is C22H22F3N3O5. The Morgan fingerprint density at radius 1 is 0.970 bits per heavy atom. The SMILES string of the molecule is COc1cc(OC)c(CNC(=O)c2nn(-c3cccc(C(F)(F)F)c3)cc2OC)c(OC)c1. The molecule has 176 valence electrons. The normalized spacial score (nSPS) is 11.1. The van der Waals surface area contributed by atoms with Crippen LogP contribution < -0.4 is 24.3 Å². The number of methoxy groups -OCH3 is 4. The molecule has 8 nitrogen and oxygen atoms in total. The fourth-order valence-corrected chi connectivity index (χ4v) is 3.13. The van der Waals surface area contributed by atoms with Gasteiger partial charge >= 0.3 is 6.18 Å². The van der Waals surface area contributed by atoms with Crippen LogP contribution in [0.2, 0.25) is 0 Å². The Labute approximate surface area is 187 Å². The third-order valence-corrected chi connectivity index (χ3v) is 4.80. The molecule has 0 radical (unpaired) electrons. The molecular weight excluding hydrogens is 443 g/mol. The number of rotatable bonds is 8. The highest BCUT2D eigenvalue weighted by atomic mass is 19.4. The maximum Gasteiger partial charge on any atom is 0.416 e. The summed E-state index contributed by atoms with van der Waals surface area (Å²) in [5, 5.41) is 6.83. The molecule has 0 saturated heterocycles. The summed E-state index contributed by atoms with van der Waals surface area (Å²) in [6.07, 6.45) is -3.18. The van der Waals surface area contributed by atoms with Gasteiger partial charge in [-0.25, -0.2) is 4.68 Å². The Morgan fingerprint density at radius 3 is 2.15 bits per heavy atom. The van der Waals surface area contributed by atoms with Gasteiger partial charge in [0.15, 0.2) is 11.4 Å². The largest absolute Gasteiger partial charge is 0.496 e. The minimum Gasteiger partial charge on any atom is -0.496 e. The molecule has 2 aromatic carbocycles. The van der Waals surface area contributed by atoms with Crippen LogP contribution in [0.4, 0.5) is 13.2 Å². The molecule has 3 rings (SSSR count). The Bertz CT molecular complexity index is 1120. The average molecular weight is 465 g/mol. The molecule has 0 aliphatic carbocycles. The number of benzene rings is 2. The van der Waals surface area contributed by atoms with E-state index in [2.05, 4.69) is 10.4 Å². The maximum absolute atomic E-state index is 13.0. The molecule has 0 fully saturated rings. The van der Waals surface area contributed by atoms with Crippen molar-refractivity contribution in [2.45, 2.75) is 12.7 Å². The van der Waals surface area contributed by atoms with Gasteiger partial charge < -0.3 is 24.3 Å². The van der Waals surface area contributed by atoms with E-state index in [0.717, 1.165) is 16.8 Å². The number of nitrogens with zero attached hydrogens (tertiary/aromatic N) is 2. The van der Waals surface area contributed by atoms with Crippen LogP contribution in [-0.4, -0.2) is 44.1 Å². The van der Waals surface area contributed by atoms with E-state index in [9.17, 15) is 18.0 Å². The number of hydrogen-bond donors (Lipinski definition) is 1. The van der Waals surface area contributed by atoms with E-state index in [4.69, 9.17) is 18.9 Å². The minimum absolute atomic E-state index is 0.0226. The van der Waals surface area contributed by atoms with Crippen LogP contribution in [0, 0.1) is 0 Å². The minimum atomic E-state index is -4.51. The van der Waals surface area contributed by atoms with Crippen molar-refractivity contribution in [1.82, 2.24) is 15.1 Å². The Morgan fingerprint density at radius 2 is 1.61 bits per heavy atom. The van der Waals surface area contributed by atoms with Crippen LogP contribution in [-0.2, 0) is 12.7 Å². The zero-order valence-electron chi connectivity index (χ0n) is 18.3. The predicted octanol–water partition coefficient (Wildman–Crippen LogP) is 3.86.